The van der Waals surface area contributed by atoms with E-state index < -0.39 is 5.60 Å². The number of anilines is 1. The molecule has 0 radical (unpaired) electrons. The Hall–Kier alpha value is -0.910. The Morgan fingerprint density at radius 2 is 1.85 bits per heavy atom. The molecule has 1 aromatic rings. The topological polar surface area (TPSA) is 61.3 Å². The first-order valence-corrected chi connectivity index (χ1v) is 7.03. The van der Waals surface area contributed by atoms with Gasteiger partial charge in [0.2, 0.25) is 0 Å². The summed E-state index contributed by atoms with van der Waals surface area (Å²) in [5.41, 5.74) is -1.02. The van der Waals surface area contributed by atoms with Crippen LogP contribution in [0, 0.1) is 0 Å². The molecule has 20 heavy (non-hydrogen) atoms. The van der Waals surface area contributed by atoms with Gasteiger partial charge in [0.25, 0.3) is 0 Å². The molecule has 1 atom stereocenters. The second-order valence-corrected chi connectivity index (χ2v) is 7.13. The fraction of sp³-hybridized carbons (Fsp3) is 0.714. The third-order valence-electron chi connectivity index (χ3n) is 2.67. The van der Waals surface area contributed by atoms with Crippen molar-refractivity contribution in [2.45, 2.75) is 38.7 Å². The van der Waals surface area contributed by atoms with E-state index in [0.29, 0.717) is 29.9 Å². The monoisotopic (exact) mass is 300 g/mol. The number of hydrogen-bond acceptors (Lipinski definition) is 5. The molecule has 0 saturated heterocycles. The van der Waals surface area contributed by atoms with Gasteiger partial charge in [-0.15, -0.1) is 0 Å². The fourth-order valence-electron chi connectivity index (χ4n) is 1.86. The molecule has 0 aliphatic rings. The molecular formula is C14H25ClN4O. The molecule has 1 aromatic heterocycles. The van der Waals surface area contributed by atoms with Gasteiger partial charge in [0.15, 0.2) is 0 Å². The van der Waals surface area contributed by atoms with Crippen LogP contribution in [0.4, 0.5) is 5.82 Å². The van der Waals surface area contributed by atoms with Crippen molar-refractivity contribution >= 4 is 17.4 Å². The molecule has 0 aliphatic heterocycles. The van der Waals surface area contributed by atoms with Crippen LogP contribution in [0.5, 0.6) is 0 Å². The van der Waals surface area contributed by atoms with E-state index in [1.807, 2.05) is 39.8 Å². The fourth-order valence-corrected chi connectivity index (χ4v) is 2.05. The highest BCUT2D eigenvalue weighted by Crippen LogP contribution is 2.22. The van der Waals surface area contributed by atoms with Crippen LogP contribution in [-0.2, 0) is 5.41 Å². The van der Waals surface area contributed by atoms with Crippen LogP contribution < -0.4 is 5.32 Å². The van der Waals surface area contributed by atoms with Crippen molar-refractivity contribution in [2.75, 3.05) is 32.5 Å². The highest BCUT2D eigenvalue weighted by molar-refractivity contribution is 6.29. The van der Waals surface area contributed by atoms with Crippen molar-refractivity contribution in [1.29, 1.82) is 0 Å². The van der Waals surface area contributed by atoms with Crippen LogP contribution >= 0.6 is 11.6 Å². The molecule has 114 valence electrons. The molecule has 5 nitrogen and oxygen atoms in total. The minimum atomic E-state index is -0.844. The lowest BCUT2D eigenvalue weighted by Gasteiger charge is -2.27. The number of likely N-dealkylation sites (N-methyl/N-ethyl adjacent to an activating group) is 1. The van der Waals surface area contributed by atoms with Gasteiger partial charge < -0.3 is 15.3 Å². The summed E-state index contributed by atoms with van der Waals surface area (Å²) >= 11 is 6.03. The number of aromatic nitrogens is 2. The number of aliphatic hydroxyl groups is 1. The summed E-state index contributed by atoms with van der Waals surface area (Å²) in [6.07, 6.45) is 0. The normalized spacial score (nSPS) is 15.2. The average molecular weight is 301 g/mol. The lowest BCUT2D eigenvalue weighted by molar-refractivity contribution is 0.0459. The van der Waals surface area contributed by atoms with Crippen molar-refractivity contribution in [3.63, 3.8) is 0 Å². The summed E-state index contributed by atoms with van der Waals surface area (Å²) in [5, 5.41) is 13.8. The van der Waals surface area contributed by atoms with E-state index in [1.54, 1.807) is 13.0 Å². The molecule has 0 fully saturated rings. The highest BCUT2D eigenvalue weighted by Gasteiger charge is 2.22. The van der Waals surface area contributed by atoms with Gasteiger partial charge >= 0.3 is 0 Å². The largest absolute Gasteiger partial charge is 0.387 e. The maximum absolute atomic E-state index is 10.3. The lowest BCUT2D eigenvalue weighted by atomic mass is 9.96. The van der Waals surface area contributed by atoms with Crippen LogP contribution in [0.2, 0.25) is 5.15 Å². The zero-order chi connectivity index (χ0) is 15.6. The van der Waals surface area contributed by atoms with Crippen LogP contribution in [0.3, 0.4) is 0 Å². The van der Waals surface area contributed by atoms with E-state index in [2.05, 4.69) is 15.3 Å². The minimum absolute atomic E-state index is 0.173. The summed E-state index contributed by atoms with van der Waals surface area (Å²) in [6, 6.07) is 1.67. The van der Waals surface area contributed by atoms with Crippen LogP contribution in [0.15, 0.2) is 6.07 Å². The maximum Gasteiger partial charge on any atom is 0.137 e. The predicted octanol–water partition coefficient (Wildman–Crippen LogP) is 2.15. The van der Waals surface area contributed by atoms with E-state index in [0.717, 1.165) is 0 Å². The zero-order valence-corrected chi connectivity index (χ0v) is 13.9. The van der Waals surface area contributed by atoms with Crippen molar-refractivity contribution in [1.82, 2.24) is 14.9 Å². The summed E-state index contributed by atoms with van der Waals surface area (Å²) in [5.74, 6) is 1.31. The Labute approximate surface area is 126 Å². The first kappa shape index (κ1) is 17.1. The van der Waals surface area contributed by atoms with E-state index in [9.17, 15) is 5.11 Å². The van der Waals surface area contributed by atoms with Crippen LogP contribution in [-0.4, -0.2) is 52.8 Å². The highest BCUT2D eigenvalue weighted by atomic mass is 35.5. The molecule has 2 N–H and O–H groups in total. The lowest BCUT2D eigenvalue weighted by Crippen LogP contribution is -2.43. The average Bonchev–Trinajstić information content (AvgIpc) is 2.23. The molecule has 0 aromatic carbocycles. The van der Waals surface area contributed by atoms with Crippen molar-refractivity contribution < 1.29 is 5.11 Å². The smallest absolute Gasteiger partial charge is 0.137 e. The van der Waals surface area contributed by atoms with E-state index in [-0.39, 0.29) is 5.41 Å². The molecule has 0 aliphatic carbocycles. The summed E-state index contributed by atoms with van der Waals surface area (Å²) in [6.45, 7) is 8.83. The Kier molecular flexibility index (Phi) is 5.35. The summed E-state index contributed by atoms with van der Waals surface area (Å²) < 4.78 is 0. The second kappa shape index (κ2) is 6.24. The number of nitrogens with zero attached hydrogens (tertiary/aromatic N) is 3. The molecule has 1 unspecified atom stereocenters. The van der Waals surface area contributed by atoms with Gasteiger partial charge in [0.05, 0.1) is 5.60 Å². The van der Waals surface area contributed by atoms with Gasteiger partial charge in [0.1, 0.15) is 16.8 Å². The van der Waals surface area contributed by atoms with Crippen molar-refractivity contribution in [3.8, 4) is 0 Å². The van der Waals surface area contributed by atoms with Crippen LogP contribution in [0.25, 0.3) is 0 Å². The first-order chi connectivity index (χ1) is 8.99. The van der Waals surface area contributed by atoms with Crippen molar-refractivity contribution in [3.05, 3.63) is 17.0 Å². The predicted molar refractivity (Wildman–Crippen MR) is 83.4 cm³/mol. The zero-order valence-electron chi connectivity index (χ0n) is 13.2. The van der Waals surface area contributed by atoms with Gasteiger partial charge in [-0.3, -0.25) is 0 Å². The Morgan fingerprint density at radius 1 is 1.25 bits per heavy atom. The van der Waals surface area contributed by atoms with Gasteiger partial charge in [0, 0.05) is 24.6 Å². The molecule has 1 rings (SSSR count). The molecule has 0 bridgehead atoms. The van der Waals surface area contributed by atoms with E-state index in [4.69, 9.17) is 11.6 Å². The molecular weight excluding hydrogens is 276 g/mol. The summed E-state index contributed by atoms with van der Waals surface area (Å²) in [7, 11) is 3.85. The minimum Gasteiger partial charge on any atom is -0.387 e. The number of hydrogen-bond donors (Lipinski definition) is 2. The van der Waals surface area contributed by atoms with Gasteiger partial charge in [-0.25, -0.2) is 9.97 Å². The Bertz CT molecular complexity index is 455. The molecule has 0 amide bonds. The van der Waals surface area contributed by atoms with Crippen LogP contribution in [0.1, 0.15) is 33.5 Å². The number of halogens is 1. The van der Waals surface area contributed by atoms with Gasteiger partial charge in [-0.05, 0) is 21.0 Å². The standard InChI is InChI=1S/C14H25ClN4O/c1-13(2,3)12-17-10(15)7-11(18-12)16-8-14(4,20)9-19(5)6/h7,20H,8-9H2,1-6H3,(H,16,17,18). The summed E-state index contributed by atoms with van der Waals surface area (Å²) in [4.78, 5) is 10.6. The van der Waals surface area contributed by atoms with Crippen molar-refractivity contribution in [2.24, 2.45) is 0 Å². The molecule has 1 heterocycles. The second-order valence-electron chi connectivity index (χ2n) is 6.74. The Balaban J connectivity index is 2.81. The molecule has 0 saturated carbocycles. The third kappa shape index (κ3) is 5.61. The quantitative estimate of drug-likeness (QED) is 0.816. The third-order valence-corrected chi connectivity index (χ3v) is 2.87. The van der Waals surface area contributed by atoms with Gasteiger partial charge in [-0.2, -0.15) is 0 Å². The molecule has 6 heteroatoms. The van der Waals surface area contributed by atoms with E-state index >= 15 is 0 Å². The van der Waals surface area contributed by atoms with Gasteiger partial charge in [-0.1, -0.05) is 32.4 Å². The maximum atomic E-state index is 10.3. The number of nitrogens with one attached hydrogen (secondary N) is 1. The SMILES string of the molecule is CN(C)CC(C)(O)CNc1cc(Cl)nc(C(C)(C)C)n1. The molecule has 0 spiro atoms. The number of rotatable bonds is 5. The van der Waals surface area contributed by atoms with E-state index in [1.165, 1.54) is 0 Å². The Morgan fingerprint density at radius 3 is 2.35 bits per heavy atom. The first-order valence-electron chi connectivity index (χ1n) is 6.66.